The molecule has 0 radical (unpaired) electrons. The van der Waals surface area contributed by atoms with Crippen molar-refractivity contribution in [3.63, 3.8) is 0 Å². The van der Waals surface area contributed by atoms with Crippen molar-refractivity contribution in [2.75, 3.05) is 0 Å². The van der Waals surface area contributed by atoms with Crippen LogP contribution in [0, 0.1) is 18.6 Å². The van der Waals surface area contributed by atoms with E-state index in [2.05, 4.69) is 15.9 Å². The Morgan fingerprint density at radius 1 is 1.19 bits per heavy atom. The summed E-state index contributed by atoms with van der Waals surface area (Å²) >= 11 is 3.33. The second-order valence-electron chi connectivity index (χ2n) is 5.08. The molecule has 0 saturated heterocycles. The van der Waals surface area contributed by atoms with Gasteiger partial charge in [0.25, 0.3) is 0 Å². The minimum atomic E-state index is -0.729. The van der Waals surface area contributed by atoms with Crippen LogP contribution in [-0.2, 0) is 6.42 Å². The normalized spacial score (nSPS) is 12.3. The van der Waals surface area contributed by atoms with Crippen molar-refractivity contribution in [2.24, 2.45) is 5.73 Å². The molecule has 0 amide bonds. The predicted octanol–water partition coefficient (Wildman–Crippen LogP) is 4.72. The highest BCUT2D eigenvalue weighted by molar-refractivity contribution is 9.10. The van der Waals surface area contributed by atoms with Crippen LogP contribution in [0.1, 0.15) is 18.1 Å². The van der Waals surface area contributed by atoms with Crippen LogP contribution >= 0.6 is 15.9 Å². The molecule has 0 aliphatic heterocycles. The van der Waals surface area contributed by atoms with E-state index in [1.165, 1.54) is 12.1 Å². The van der Waals surface area contributed by atoms with Gasteiger partial charge in [-0.1, -0.05) is 15.9 Å². The molecule has 0 aliphatic rings. The van der Waals surface area contributed by atoms with Crippen LogP contribution in [-0.4, -0.2) is 6.04 Å². The first-order chi connectivity index (χ1) is 9.86. The van der Waals surface area contributed by atoms with Gasteiger partial charge in [-0.25, -0.2) is 8.78 Å². The first-order valence-electron chi connectivity index (χ1n) is 6.54. The highest BCUT2D eigenvalue weighted by Gasteiger charge is 2.15. The zero-order valence-electron chi connectivity index (χ0n) is 11.8. The molecule has 0 saturated carbocycles. The Hall–Kier alpha value is -1.46. The molecule has 0 spiro atoms. The van der Waals surface area contributed by atoms with Crippen molar-refractivity contribution in [1.82, 2.24) is 0 Å². The van der Waals surface area contributed by atoms with Gasteiger partial charge in [-0.05, 0) is 61.7 Å². The van der Waals surface area contributed by atoms with E-state index in [9.17, 15) is 8.78 Å². The molecule has 0 aromatic heterocycles. The van der Waals surface area contributed by atoms with Gasteiger partial charge in [0.05, 0.1) is 0 Å². The van der Waals surface area contributed by atoms with E-state index in [-0.39, 0.29) is 6.04 Å². The van der Waals surface area contributed by atoms with Gasteiger partial charge in [0, 0.05) is 10.5 Å². The fourth-order valence-corrected chi connectivity index (χ4v) is 2.51. The van der Waals surface area contributed by atoms with Gasteiger partial charge in [0.2, 0.25) is 0 Å². The van der Waals surface area contributed by atoms with E-state index in [4.69, 9.17) is 10.5 Å². The van der Waals surface area contributed by atoms with E-state index in [1.54, 1.807) is 26.0 Å². The maximum Gasteiger partial charge on any atom is 0.198 e. The third-order valence-corrected chi connectivity index (χ3v) is 3.46. The molecule has 0 aliphatic carbocycles. The van der Waals surface area contributed by atoms with Crippen molar-refractivity contribution in [3.05, 3.63) is 57.6 Å². The molecule has 2 aromatic carbocycles. The molecule has 1 unspecified atom stereocenters. The zero-order chi connectivity index (χ0) is 15.6. The third kappa shape index (κ3) is 4.02. The maximum atomic E-state index is 14.0. The Morgan fingerprint density at radius 2 is 1.81 bits per heavy atom. The fraction of sp³-hybridized carbons (Fsp3) is 0.250. The second kappa shape index (κ2) is 6.54. The van der Waals surface area contributed by atoms with Crippen LogP contribution in [0.5, 0.6) is 11.5 Å². The summed E-state index contributed by atoms with van der Waals surface area (Å²) in [5.41, 5.74) is 6.93. The molecular weight excluding hydrogens is 340 g/mol. The smallest absolute Gasteiger partial charge is 0.198 e. The second-order valence-corrected chi connectivity index (χ2v) is 6.00. The summed E-state index contributed by atoms with van der Waals surface area (Å²) in [5, 5.41) is 0. The first-order valence-corrected chi connectivity index (χ1v) is 7.33. The van der Waals surface area contributed by atoms with E-state index < -0.39 is 17.4 Å². The van der Waals surface area contributed by atoms with E-state index in [0.717, 1.165) is 10.0 Å². The minimum Gasteiger partial charge on any atom is -0.451 e. The first kappa shape index (κ1) is 15.9. The number of hydrogen-bond acceptors (Lipinski definition) is 2. The topological polar surface area (TPSA) is 35.2 Å². The Bertz CT molecular complexity index is 636. The lowest BCUT2D eigenvalue weighted by molar-refractivity contribution is 0.404. The average Bonchev–Trinajstić information content (AvgIpc) is 2.35. The number of hydrogen-bond donors (Lipinski definition) is 1. The Morgan fingerprint density at radius 3 is 2.33 bits per heavy atom. The summed E-state index contributed by atoms with van der Waals surface area (Å²) < 4.78 is 34.3. The number of ether oxygens (including phenoxy) is 1. The number of benzene rings is 2. The Kier molecular flexibility index (Phi) is 4.96. The van der Waals surface area contributed by atoms with Crippen LogP contribution in [0.25, 0.3) is 0 Å². The van der Waals surface area contributed by atoms with Crippen LogP contribution in [0.4, 0.5) is 8.78 Å². The number of halogens is 3. The summed E-state index contributed by atoms with van der Waals surface area (Å²) in [6.07, 6.45) is 0.408. The number of rotatable bonds is 4. The molecule has 2 rings (SSSR count). The van der Waals surface area contributed by atoms with Crippen molar-refractivity contribution >= 4 is 15.9 Å². The molecule has 2 nitrogen and oxygen atoms in total. The van der Waals surface area contributed by atoms with Gasteiger partial charge in [-0.3, -0.25) is 0 Å². The van der Waals surface area contributed by atoms with Gasteiger partial charge in [-0.15, -0.1) is 0 Å². The Balaban J connectivity index is 2.32. The van der Waals surface area contributed by atoms with Gasteiger partial charge in [0.15, 0.2) is 17.4 Å². The monoisotopic (exact) mass is 355 g/mol. The van der Waals surface area contributed by atoms with Crippen LogP contribution in [0.3, 0.4) is 0 Å². The van der Waals surface area contributed by atoms with Crippen molar-refractivity contribution in [3.8, 4) is 11.5 Å². The average molecular weight is 356 g/mol. The lowest BCUT2D eigenvalue weighted by Crippen LogP contribution is -2.18. The molecule has 1 atom stereocenters. The molecule has 0 fully saturated rings. The van der Waals surface area contributed by atoms with Crippen molar-refractivity contribution in [1.29, 1.82) is 0 Å². The molecule has 2 N–H and O–H groups in total. The summed E-state index contributed by atoms with van der Waals surface area (Å²) in [6.45, 7) is 3.59. The minimum absolute atomic E-state index is 0.163. The van der Waals surface area contributed by atoms with Gasteiger partial charge >= 0.3 is 0 Å². The van der Waals surface area contributed by atoms with Gasteiger partial charge < -0.3 is 10.5 Å². The fourth-order valence-electron chi connectivity index (χ4n) is 2.04. The lowest BCUT2D eigenvalue weighted by atomic mass is 10.1. The molecule has 5 heteroatoms. The van der Waals surface area contributed by atoms with E-state index >= 15 is 0 Å². The molecule has 21 heavy (non-hydrogen) atoms. The van der Waals surface area contributed by atoms with Crippen LogP contribution in [0.15, 0.2) is 34.8 Å². The number of aryl methyl sites for hydroxylation is 1. The molecule has 2 aromatic rings. The van der Waals surface area contributed by atoms with Gasteiger partial charge in [0.1, 0.15) is 5.75 Å². The van der Waals surface area contributed by atoms with E-state index in [1.807, 2.05) is 6.07 Å². The zero-order valence-corrected chi connectivity index (χ0v) is 13.4. The summed E-state index contributed by atoms with van der Waals surface area (Å²) in [7, 11) is 0. The molecular formula is C16H16BrF2NO. The van der Waals surface area contributed by atoms with Crippen molar-refractivity contribution < 1.29 is 13.5 Å². The van der Waals surface area contributed by atoms with Crippen molar-refractivity contribution in [2.45, 2.75) is 26.3 Å². The summed E-state index contributed by atoms with van der Waals surface area (Å²) in [4.78, 5) is 0. The Labute approximate surface area is 131 Å². The quantitative estimate of drug-likeness (QED) is 0.861. The molecule has 0 heterocycles. The largest absolute Gasteiger partial charge is 0.451 e. The highest BCUT2D eigenvalue weighted by atomic mass is 79.9. The SMILES string of the molecule is Cc1cc(Br)ccc1Oc1c(F)cc(CC(C)N)cc1F. The maximum absolute atomic E-state index is 14.0. The lowest BCUT2D eigenvalue weighted by Gasteiger charge is -2.12. The number of nitrogens with two attached hydrogens (primary N) is 1. The van der Waals surface area contributed by atoms with Crippen LogP contribution in [0.2, 0.25) is 0 Å². The molecule has 0 bridgehead atoms. The molecule has 112 valence electrons. The van der Waals surface area contributed by atoms with E-state index in [0.29, 0.717) is 17.7 Å². The van der Waals surface area contributed by atoms with Gasteiger partial charge in [-0.2, -0.15) is 0 Å². The van der Waals surface area contributed by atoms with Crippen LogP contribution < -0.4 is 10.5 Å². The summed E-state index contributed by atoms with van der Waals surface area (Å²) in [5.74, 6) is -1.44. The predicted molar refractivity (Wildman–Crippen MR) is 82.7 cm³/mol. The standard InChI is InChI=1S/C16H16BrF2NO/c1-9-5-12(17)3-4-15(9)21-16-13(18)7-11(6-10(2)20)8-14(16)19/h3-5,7-8,10H,6,20H2,1-2H3. The third-order valence-electron chi connectivity index (χ3n) is 2.96. The highest BCUT2D eigenvalue weighted by Crippen LogP contribution is 2.32. The summed E-state index contributed by atoms with van der Waals surface area (Å²) in [6, 6.07) is 7.59.